The van der Waals surface area contributed by atoms with Crippen LogP contribution in [0.15, 0.2) is 34.9 Å². The molecular formula is C22H28N4O5. The summed E-state index contributed by atoms with van der Waals surface area (Å²) in [5.41, 5.74) is 2.27. The molecule has 9 nitrogen and oxygen atoms in total. The zero-order chi connectivity index (χ0) is 22.5. The Morgan fingerprint density at radius 1 is 1.16 bits per heavy atom. The first-order valence-electron chi connectivity index (χ1n) is 9.98. The molecule has 0 aliphatic heterocycles. The second-order valence-corrected chi connectivity index (χ2v) is 7.49. The lowest BCUT2D eigenvalue weighted by Crippen LogP contribution is -2.26. The van der Waals surface area contributed by atoms with Gasteiger partial charge >= 0.3 is 0 Å². The van der Waals surface area contributed by atoms with Gasteiger partial charge in [-0.25, -0.2) is 4.98 Å². The van der Waals surface area contributed by atoms with E-state index in [0.717, 1.165) is 17.1 Å². The van der Waals surface area contributed by atoms with Crippen LogP contribution >= 0.6 is 0 Å². The van der Waals surface area contributed by atoms with Crippen molar-refractivity contribution in [1.82, 2.24) is 15.1 Å². The van der Waals surface area contributed by atoms with E-state index in [9.17, 15) is 5.11 Å². The van der Waals surface area contributed by atoms with E-state index in [1.807, 2.05) is 26.1 Å². The monoisotopic (exact) mass is 428 g/mol. The van der Waals surface area contributed by atoms with Crippen molar-refractivity contribution in [2.45, 2.75) is 32.9 Å². The summed E-state index contributed by atoms with van der Waals surface area (Å²) in [5.74, 6) is 2.57. The quantitative estimate of drug-likeness (QED) is 0.531. The molecule has 0 aliphatic carbocycles. The molecule has 1 aromatic carbocycles. The summed E-state index contributed by atoms with van der Waals surface area (Å²) in [7, 11) is 3.52. The molecule has 3 rings (SSSR count). The Bertz CT molecular complexity index is 1020. The van der Waals surface area contributed by atoms with Gasteiger partial charge in [0.15, 0.2) is 0 Å². The van der Waals surface area contributed by atoms with Crippen LogP contribution < -0.4 is 14.4 Å². The standard InChI is InChI=1S/C22H28N4O5/c1-13(2)26(4)20-9-15(8-14(3)23-20)22-24-21(25-31-22)18-7-6-17(10-19(18)29-5)30-12-16(28)11-27/h6-10,13,16,27-28H,11-12H2,1-5H3/t16-/m0/s1. The highest BCUT2D eigenvalue weighted by Crippen LogP contribution is 2.33. The molecule has 0 saturated carbocycles. The van der Waals surface area contributed by atoms with Crippen molar-refractivity contribution in [2.75, 3.05) is 32.3 Å². The van der Waals surface area contributed by atoms with Gasteiger partial charge in [-0.1, -0.05) is 5.16 Å². The average molecular weight is 428 g/mol. The Morgan fingerprint density at radius 3 is 2.61 bits per heavy atom. The molecular weight excluding hydrogens is 400 g/mol. The maximum absolute atomic E-state index is 9.45. The number of rotatable bonds is 9. The van der Waals surface area contributed by atoms with Gasteiger partial charge in [0.2, 0.25) is 5.82 Å². The summed E-state index contributed by atoms with van der Waals surface area (Å²) in [4.78, 5) is 11.2. The van der Waals surface area contributed by atoms with Crippen molar-refractivity contribution in [2.24, 2.45) is 0 Å². The van der Waals surface area contributed by atoms with Crippen LogP contribution in [-0.4, -0.2) is 64.9 Å². The van der Waals surface area contributed by atoms with Gasteiger partial charge in [0.1, 0.15) is 30.0 Å². The van der Waals surface area contributed by atoms with Gasteiger partial charge in [-0.2, -0.15) is 4.98 Å². The highest BCUT2D eigenvalue weighted by Gasteiger charge is 2.18. The minimum absolute atomic E-state index is 0.0279. The summed E-state index contributed by atoms with van der Waals surface area (Å²) in [6.07, 6.45) is -0.950. The Hall–Kier alpha value is -3.17. The van der Waals surface area contributed by atoms with Crippen LogP contribution in [0.4, 0.5) is 5.82 Å². The van der Waals surface area contributed by atoms with E-state index in [1.165, 1.54) is 7.11 Å². The fourth-order valence-corrected chi connectivity index (χ4v) is 2.86. The molecule has 0 fully saturated rings. The highest BCUT2D eigenvalue weighted by molar-refractivity contribution is 5.68. The third-order valence-electron chi connectivity index (χ3n) is 4.82. The van der Waals surface area contributed by atoms with Gasteiger partial charge in [-0.15, -0.1) is 0 Å². The predicted molar refractivity (Wildman–Crippen MR) is 116 cm³/mol. The molecule has 0 radical (unpaired) electrons. The van der Waals surface area contributed by atoms with Gasteiger partial charge in [0.05, 0.1) is 19.3 Å². The van der Waals surface area contributed by atoms with E-state index in [-0.39, 0.29) is 13.2 Å². The first-order chi connectivity index (χ1) is 14.8. The number of methoxy groups -OCH3 is 1. The molecule has 2 N–H and O–H groups in total. The Kier molecular flexibility index (Phi) is 7.09. The number of aryl methyl sites for hydroxylation is 1. The number of aromatic nitrogens is 3. The molecule has 0 aliphatic rings. The number of ether oxygens (including phenoxy) is 2. The molecule has 166 valence electrons. The number of hydrogen-bond acceptors (Lipinski definition) is 9. The molecule has 2 aromatic heterocycles. The van der Waals surface area contributed by atoms with E-state index < -0.39 is 6.10 Å². The normalized spacial score (nSPS) is 12.1. The Balaban J connectivity index is 1.88. The van der Waals surface area contributed by atoms with Crippen molar-refractivity contribution < 1.29 is 24.2 Å². The molecule has 2 heterocycles. The summed E-state index contributed by atoms with van der Waals surface area (Å²) >= 11 is 0. The molecule has 0 spiro atoms. The highest BCUT2D eigenvalue weighted by atomic mass is 16.5. The van der Waals surface area contributed by atoms with E-state index in [1.54, 1.807) is 18.2 Å². The average Bonchev–Trinajstić information content (AvgIpc) is 3.26. The lowest BCUT2D eigenvalue weighted by atomic mass is 10.1. The molecule has 9 heteroatoms. The number of aliphatic hydroxyl groups excluding tert-OH is 2. The van der Waals surface area contributed by atoms with E-state index in [0.29, 0.717) is 34.8 Å². The van der Waals surface area contributed by atoms with Crippen LogP contribution in [0, 0.1) is 6.92 Å². The number of benzene rings is 1. The number of pyridine rings is 1. The summed E-state index contributed by atoms with van der Waals surface area (Å²) in [6, 6.07) is 9.25. The fraction of sp³-hybridized carbons (Fsp3) is 0.409. The Labute approximate surface area is 181 Å². The third kappa shape index (κ3) is 5.31. The van der Waals surface area contributed by atoms with Gasteiger partial charge in [0.25, 0.3) is 5.89 Å². The summed E-state index contributed by atoms with van der Waals surface area (Å²) in [6.45, 7) is 5.72. The van der Waals surface area contributed by atoms with E-state index in [4.69, 9.17) is 19.1 Å². The number of aliphatic hydroxyl groups is 2. The van der Waals surface area contributed by atoms with Crippen molar-refractivity contribution >= 4 is 5.82 Å². The van der Waals surface area contributed by atoms with Gasteiger partial charge in [-0.3, -0.25) is 0 Å². The third-order valence-corrected chi connectivity index (χ3v) is 4.82. The molecule has 0 amide bonds. The van der Waals surface area contributed by atoms with Gasteiger partial charge in [-0.05, 0) is 45.0 Å². The summed E-state index contributed by atoms with van der Waals surface area (Å²) in [5, 5.41) is 22.5. The predicted octanol–water partition coefficient (Wildman–Crippen LogP) is 2.69. The smallest absolute Gasteiger partial charge is 0.258 e. The lowest BCUT2D eigenvalue weighted by Gasteiger charge is -2.23. The molecule has 3 aromatic rings. The minimum Gasteiger partial charge on any atom is -0.496 e. The zero-order valence-electron chi connectivity index (χ0n) is 18.4. The molecule has 0 saturated heterocycles. The lowest BCUT2D eigenvalue weighted by molar-refractivity contribution is 0.0535. The first kappa shape index (κ1) is 22.5. The molecule has 0 bridgehead atoms. The number of anilines is 1. The summed E-state index contributed by atoms with van der Waals surface area (Å²) < 4.78 is 16.4. The SMILES string of the molecule is COc1cc(OC[C@@H](O)CO)ccc1-c1noc(-c2cc(C)nc(N(C)C(C)C)c2)n1. The molecule has 1 atom stereocenters. The van der Waals surface area contributed by atoms with E-state index in [2.05, 4.69) is 33.9 Å². The van der Waals surface area contributed by atoms with Crippen LogP contribution in [0.2, 0.25) is 0 Å². The second-order valence-electron chi connectivity index (χ2n) is 7.49. The van der Waals surface area contributed by atoms with Gasteiger partial charge in [0, 0.05) is 30.4 Å². The van der Waals surface area contributed by atoms with Crippen LogP contribution in [0.3, 0.4) is 0 Å². The fourth-order valence-electron chi connectivity index (χ4n) is 2.86. The van der Waals surface area contributed by atoms with Crippen molar-refractivity contribution in [3.63, 3.8) is 0 Å². The minimum atomic E-state index is -0.950. The van der Waals surface area contributed by atoms with Crippen LogP contribution in [0.1, 0.15) is 19.5 Å². The number of nitrogens with zero attached hydrogens (tertiary/aromatic N) is 4. The van der Waals surface area contributed by atoms with E-state index >= 15 is 0 Å². The largest absolute Gasteiger partial charge is 0.496 e. The van der Waals surface area contributed by atoms with Crippen LogP contribution in [0.25, 0.3) is 22.8 Å². The maximum atomic E-state index is 9.45. The van der Waals surface area contributed by atoms with Gasteiger partial charge < -0.3 is 29.1 Å². The maximum Gasteiger partial charge on any atom is 0.258 e. The molecule has 31 heavy (non-hydrogen) atoms. The van der Waals surface area contributed by atoms with Crippen LogP contribution in [0.5, 0.6) is 11.5 Å². The topological polar surface area (TPSA) is 114 Å². The van der Waals surface area contributed by atoms with Crippen molar-refractivity contribution in [3.05, 3.63) is 36.0 Å². The number of hydrogen-bond donors (Lipinski definition) is 2. The first-order valence-corrected chi connectivity index (χ1v) is 9.98. The molecule has 0 unspecified atom stereocenters. The van der Waals surface area contributed by atoms with Crippen molar-refractivity contribution in [3.8, 4) is 34.3 Å². The van der Waals surface area contributed by atoms with Crippen molar-refractivity contribution in [1.29, 1.82) is 0 Å². The second kappa shape index (κ2) is 9.76. The Morgan fingerprint density at radius 2 is 1.94 bits per heavy atom. The van der Waals surface area contributed by atoms with Crippen LogP contribution in [-0.2, 0) is 0 Å². The zero-order valence-corrected chi connectivity index (χ0v) is 18.4.